The van der Waals surface area contributed by atoms with Gasteiger partial charge >= 0.3 is 0 Å². The van der Waals surface area contributed by atoms with Crippen molar-refractivity contribution in [1.82, 2.24) is 0 Å². The smallest absolute Gasteiger partial charge is 0.00197 e. The van der Waals surface area contributed by atoms with Crippen LogP contribution in [0.2, 0.25) is 0 Å². The van der Waals surface area contributed by atoms with Crippen LogP contribution in [0.25, 0.3) is 144 Å². The van der Waals surface area contributed by atoms with Crippen LogP contribution in [0.15, 0.2) is 243 Å². The Morgan fingerprint density at radius 1 is 0.152 bits per heavy atom. The highest BCUT2D eigenvalue weighted by molar-refractivity contribution is 6.25. The van der Waals surface area contributed by atoms with Crippen LogP contribution in [0.3, 0.4) is 0 Å². The maximum atomic E-state index is 2.41. The van der Waals surface area contributed by atoms with E-state index in [2.05, 4.69) is 243 Å². The molecule has 14 rings (SSSR count). The van der Waals surface area contributed by atoms with E-state index in [-0.39, 0.29) is 0 Å². The predicted octanol–water partition coefficient (Wildman–Crippen LogP) is 18.4. The standard InChI is InChI=1S/C66H40/c1-5-17-41(18-6-1)45-37-59(43-21-9-3-10-22-43)65-57-29-15-27-53-51(33-35-55(63(53)57)61(65)39-45)49-31-32-50(48-26-14-13-25-47(48)49)52-34-36-56-62-40-46(42-19-7-2-8-20-42)38-60(44-23-11-4-12-24-44)66(62)58-30-16-28-54(52)64(56)58/h1-40H. The summed E-state index contributed by atoms with van der Waals surface area (Å²) >= 11 is 0. The van der Waals surface area contributed by atoms with Crippen LogP contribution in [-0.4, -0.2) is 0 Å². The predicted molar refractivity (Wildman–Crippen MR) is 280 cm³/mol. The van der Waals surface area contributed by atoms with Gasteiger partial charge in [-0.25, -0.2) is 0 Å². The number of hydrogen-bond acceptors (Lipinski definition) is 0. The second-order valence-electron chi connectivity index (χ2n) is 17.8. The van der Waals surface area contributed by atoms with Crippen molar-refractivity contribution >= 4 is 32.3 Å². The summed E-state index contributed by atoms with van der Waals surface area (Å²) < 4.78 is 0. The minimum absolute atomic E-state index is 1.23. The Bertz CT molecular complexity index is 3680. The Kier molecular flexibility index (Phi) is 8.08. The summed E-state index contributed by atoms with van der Waals surface area (Å²) in [5.41, 5.74) is 25.4. The van der Waals surface area contributed by atoms with Gasteiger partial charge in [0.05, 0.1) is 0 Å². The Balaban J connectivity index is 0.942. The lowest BCUT2D eigenvalue weighted by Crippen LogP contribution is -1.89. The molecule has 0 saturated carbocycles. The lowest BCUT2D eigenvalue weighted by molar-refractivity contribution is 1.59. The number of rotatable bonds is 6. The van der Waals surface area contributed by atoms with Gasteiger partial charge in [0.15, 0.2) is 0 Å². The lowest BCUT2D eigenvalue weighted by atomic mass is 9.87. The molecular weight excluding hydrogens is 793 g/mol. The van der Waals surface area contributed by atoms with Crippen molar-refractivity contribution in [2.24, 2.45) is 0 Å². The molecule has 0 bridgehead atoms. The second kappa shape index (κ2) is 14.5. The first-order valence-corrected chi connectivity index (χ1v) is 23.0. The fourth-order valence-electron chi connectivity index (χ4n) is 11.5. The molecule has 66 heavy (non-hydrogen) atoms. The van der Waals surface area contributed by atoms with E-state index in [9.17, 15) is 0 Å². The van der Waals surface area contributed by atoms with Crippen LogP contribution in [-0.2, 0) is 0 Å². The Morgan fingerprint density at radius 3 is 0.848 bits per heavy atom. The molecule has 12 aromatic rings. The molecule has 0 N–H and O–H groups in total. The molecule has 2 aliphatic carbocycles. The summed E-state index contributed by atoms with van der Waals surface area (Å²) in [5.74, 6) is 0. The van der Waals surface area contributed by atoms with E-state index >= 15 is 0 Å². The van der Waals surface area contributed by atoms with Gasteiger partial charge in [-0.05, 0) is 168 Å². The van der Waals surface area contributed by atoms with Gasteiger partial charge in [0, 0.05) is 0 Å². The van der Waals surface area contributed by atoms with Crippen molar-refractivity contribution in [1.29, 1.82) is 0 Å². The first-order valence-electron chi connectivity index (χ1n) is 23.0. The van der Waals surface area contributed by atoms with Crippen LogP contribution < -0.4 is 0 Å². The zero-order valence-electron chi connectivity index (χ0n) is 36.1. The molecule has 0 aliphatic heterocycles. The van der Waals surface area contributed by atoms with Crippen molar-refractivity contribution in [3.8, 4) is 111 Å². The second-order valence-corrected chi connectivity index (χ2v) is 17.8. The average Bonchev–Trinajstić information content (AvgIpc) is 3.91. The fourth-order valence-corrected chi connectivity index (χ4v) is 11.5. The molecule has 0 aromatic heterocycles. The highest BCUT2D eigenvalue weighted by atomic mass is 14.3. The van der Waals surface area contributed by atoms with Gasteiger partial charge < -0.3 is 0 Å². The third-order valence-electron chi connectivity index (χ3n) is 14.4. The number of hydrogen-bond donors (Lipinski definition) is 0. The van der Waals surface area contributed by atoms with E-state index in [0.29, 0.717) is 0 Å². The van der Waals surface area contributed by atoms with Crippen molar-refractivity contribution in [2.45, 2.75) is 0 Å². The molecule has 0 atom stereocenters. The van der Waals surface area contributed by atoms with Gasteiger partial charge in [-0.15, -0.1) is 0 Å². The molecule has 0 spiro atoms. The molecular formula is C66H40. The monoisotopic (exact) mass is 832 g/mol. The van der Waals surface area contributed by atoms with E-state index in [4.69, 9.17) is 0 Å². The summed E-state index contributed by atoms with van der Waals surface area (Å²) in [5, 5.41) is 7.75. The van der Waals surface area contributed by atoms with Gasteiger partial charge in [0.1, 0.15) is 0 Å². The molecule has 12 aromatic carbocycles. The molecule has 0 heterocycles. The summed E-state index contributed by atoms with van der Waals surface area (Å²) in [6, 6.07) is 90.2. The molecule has 0 amide bonds. The molecule has 0 nitrogen and oxygen atoms in total. The van der Waals surface area contributed by atoms with Crippen molar-refractivity contribution in [3.05, 3.63) is 243 Å². The third kappa shape index (κ3) is 5.46. The summed E-state index contributed by atoms with van der Waals surface area (Å²) in [6.45, 7) is 0. The van der Waals surface area contributed by atoms with Gasteiger partial charge in [-0.1, -0.05) is 218 Å². The molecule has 0 heteroatoms. The zero-order valence-corrected chi connectivity index (χ0v) is 36.1. The van der Waals surface area contributed by atoms with Gasteiger partial charge in [0.25, 0.3) is 0 Å². The Hall–Kier alpha value is -8.58. The largest absolute Gasteiger partial charge is 0.0622 e. The summed E-state index contributed by atoms with van der Waals surface area (Å²) in [6.07, 6.45) is 0. The van der Waals surface area contributed by atoms with Crippen molar-refractivity contribution in [2.75, 3.05) is 0 Å². The first-order chi connectivity index (χ1) is 32.8. The van der Waals surface area contributed by atoms with Gasteiger partial charge in [0.2, 0.25) is 0 Å². The highest BCUT2D eigenvalue weighted by Gasteiger charge is 2.29. The van der Waals surface area contributed by atoms with Crippen molar-refractivity contribution < 1.29 is 0 Å². The van der Waals surface area contributed by atoms with E-state index < -0.39 is 0 Å². The maximum Gasteiger partial charge on any atom is -0.00197 e. The highest BCUT2D eigenvalue weighted by Crippen LogP contribution is 2.56. The summed E-state index contributed by atoms with van der Waals surface area (Å²) in [4.78, 5) is 0. The van der Waals surface area contributed by atoms with Crippen LogP contribution in [0.4, 0.5) is 0 Å². The summed E-state index contributed by atoms with van der Waals surface area (Å²) in [7, 11) is 0. The minimum Gasteiger partial charge on any atom is -0.0622 e. The van der Waals surface area contributed by atoms with E-state index in [0.717, 1.165) is 0 Å². The normalized spacial score (nSPS) is 11.9. The molecule has 304 valence electrons. The maximum absolute atomic E-state index is 2.41. The minimum atomic E-state index is 1.23. The van der Waals surface area contributed by atoms with Crippen LogP contribution >= 0.6 is 0 Å². The Labute approximate surface area is 384 Å². The molecule has 0 fully saturated rings. The van der Waals surface area contributed by atoms with E-state index in [1.54, 1.807) is 0 Å². The molecule has 0 saturated heterocycles. The quantitative estimate of drug-likeness (QED) is 0.157. The number of fused-ring (bicyclic) bond motifs is 7. The number of benzene rings is 12. The van der Waals surface area contributed by atoms with Crippen LogP contribution in [0.1, 0.15) is 0 Å². The molecule has 2 aliphatic rings. The van der Waals surface area contributed by atoms with Crippen LogP contribution in [0.5, 0.6) is 0 Å². The lowest BCUT2D eigenvalue weighted by Gasteiger charge is -2.16. The molecule has 0 radical (unpaired) electrons. The fraction of sp³-hybridized carbons (Fsp3) is 0. The van der Waals surface area contributed by atoms with E-state index in [1.807, 2.05) is 0 Å². The van der Waals surface area contributed by atoms with Gasteiger partial charge in [-0.2, -0.15) is 0 Å². The third-order valence-corrected chi connectivity index (χ3v) is 14.4. The van der Waals surface area contributed by atoms with Crippen molar-refractivity contribution in [3.63, 3.8) is 0 Å². The van der Waals surface area contributed by atoms with Crippen LogP contribution in [0, 0.1) is 0 Å². The first kappa shape index (κ1) is 36.9. The van der Waals surface area contributed by atoms with E-state index in [1.165, 1.54) is 144 Å². The Morgan fingerprint density at radius 2 is 0.455 bits per heavy atom. The van der Waals surface area contributed by atoms with Gasteiger partial charge in [-0.3, -0.25) is 0 Å². The average molecular weight is 833 g/mol. The zero-order chi connectivity index (χ0) is 43.3. The molecule has 0 unspecified atom stereocenters. The topological polar surface area (TPSA) is 0 Å². The SMILES string of the molecule is c1ccc(-c2cc(-c3ccccc3)c3c(c2)-c2ccc(-c4ccc(-c5ccc6c7c(cccc57)-c5c(-c7ccccc7)cc(-c7ccccc7)cc5-6)c5ccccc45)c4cccc-3c24)cc1.